The van der Waals surface area contributed by atoms with E-state index in [9.17, 15) is 5.11 Å². The molecule has 0 aromatic rings. The minimum absolute atomic E-state index is 0.151. The van der Waals surface area contributed by atoms with Gasteiger partial charge in [0.25, 0.3) is 0 Å². The van der Waals surface area contributed by atoms with Gasteiger partial charge in [0.1, 0.15) is 0 Å². The van der Waals surface area contributed by atoms with E-state index >= 15 is 0 Å². The number of hydrogen-bond acceptors (Lipinski definition) is 1. The van der Waals surface area contributed by atoms with Crippen LogP contribution in [0.15, 0.2) is 11.3 Å². The third-order valence-corrected chi connectivity index (χ3v) is 4.96. The van der Waals surface area contributed by atoms with Crippen molar-refractivity contribution in [1.82, 2.24) is 0 Å². The Bertz CT molecular complexity index is 272. The summed E-state index contributed by atoms with van der Waals surface area (Å²) >= 11 is 0. The van der Waals surface area contributed by atoms with E-state index in [4.69, 9.17) is 0 Å². The zero-order valence-electron chi connectivity index (χ0n) is 15.4. The van der Waals surface area contributed by atoms with Gasteiger partial charge >= 0.3 is 0 Å². The molecule has 0 aromatic carbocycles. The van der Waals surface area contributed by atoms with Crippen LogP contribution in [0.5, 0.6) is 0 Å². The standard InChI is InChI=1S/C20H40O/c1-6-7-8-9-10-11-12-13-14-15-16-17-20(4,5)18(2)19(3)21/h21H,6-17H2,1-5H3. The van der Waals surface area contributed by atoms with Crippen LogP contribution in [-0.4, -0.2) is 5.11 Å². The molecule has 0 amide bonds. The van der Waals surface area contributed by atoms with Crippen molar-refractivity contribution >= 4 is 0 Å². The highest BCUT2D eigenvalue weighted by molar-refractivity contribution is 5.11. The molecule has 0 rings (SSSR count). The summed E-state index contributed by atoms with van der Waals surface area (Å²) in [6.45, 7) is 10.6. The first kappa shape index (κ1) is 20.5. The number of hydrogen-bond donors (Lipinski definition) is 1. The molecule has 1 nitrogen and oxygen atoms in total. The zero-order valence-corrected chi connectivity index (χ0v) is 15.4. The summed E-state index contributed by atoms with van der Waals surface area (Å²) in [7, 11) is 0. The Labute approximate surface area is 134 Å². The molecule has 0 aliphatic heterocycles. The van der Waals surface area contributed by atoms with Crippen LogP contribution >= 0.6 is 0 Å². The molecule has 0 radical (unpaired) electrons. The highest BCUT2D eigenvalue weighted by Gasteiger charge is 2.21. The molecule has 0 heterocycles. The van der Waals surface area contributed by atoms with Gasteiger partial charge in [-0.1, -0.05) is 91.4 Å². The third kappa shape index (κ3) is 10.8. The minimum atomic E-state index is 0.151. The predicted octanol–water partition coefficient (Wildman–Crippen LogP) is 7.57. The van der Waals surface area contributed by atoms with Crippen LogP contribution in [0.2, 0.25) is 0 Å². The van der Waals surface area contributed by atoms with Crippen molar-refractivity contribution in [3.05, 3.63) is 11.3 Å². The van der Waals surface area contributed by atoms with E-state index in [2.05, 4.69) is 27.7 Å². The van der Waals surface area contributed by atoms with E-state index in [0.717, 1.165) is 5.57 Å². The molecule has 0 saturated carbocycles. The Morgan fingerprint density at radius 3 is 1.48 bits per heavy atom. The van der Waals surface area contributed by atoms with Crippen molar-refractivity contribution in [3.63, 3.8) is 0 Å². The Hall–Kier alpha value is -0.460. The molecule has 0 fully saturated rings. The number of aliphatic hydroxyl groups excluding tert-OH is 1. The fourth-order valence-electron chi connectivity index (χ4n) is 2.91. The van der Waals surface area contributed by atoms with Crippen LogP contribution in [0.1, 0.15) is 112 Å². The maximum absolute atomic E-state index is 9.61. The maximum Gasteiger partial charge on any atom is 0.0886 e. The maximum atomic E-state index is 9.61. The van der Waals surface area contributed by atoms with E-state index in [-0.39, 0.29) is 5.41 Å². The molecule has 0 bridgehead atoms. The number of rotatable bonds is 13. The van der Waals surface area contributed by atoms with Crippen LogP contribution in [-0.2, 0) is 0 Å². The quantitative estimate of drug-likeness (QED) is 0.274. The predicted molar refractivity (Wildman–Crippen MR) is 95.9 cm³/mol. The highest BCUT2D eigenvalue weighted by atomic mass is 16.3. The van der Waals surface area contributed by atoms with Crippen molar-refractivity contribution < 1.29 is 5.11 Å². The summed E-state index contributed by atoms with van der Waals surface area (Å²) < 4.78 is 0. The molecule has 1 heteroatoms. The van der Waals surface area contributed by atoms with Gasteiger partial charge in [-0.05, 0) is 31.3 Å². The van der Waals surface area contributed by atoms with Crippen LogP contribution < -0.4 is 0 Å². The second-order valence-corrected chi connectivity index (χ2v) is 7.38. The van der Waals surface area contributed by atoms with Gasteiger partial charge in [-0.25, -0.2) is 0 Å². The molecule has 0 saturated heterocycles. The Morgan fingerprint density at radius 2 is 1.10 bits per heavy atom. The van der Waals surface area contributed by atoms with Gasteiger partial charge in [-0.15, -0.1) is 0 Å². The lowest BCUT2D eigenvalue weighted by Gasteiger charge is -2.26. The SMILES string of the molecule is CCCCCCCCCCCCCC(C)(C)C(C)=C(C)O. The van der Waals surface area contributed by atoms with Gasteiger partial charge in [0.05, 0.1) is 5.76 Å². The van der Waals surface area contributed by atoms with Crippen LogP contribution in [0.3, 0.4) is 0 Å². The fourth-order valence-corrected chi connectivity index (χ4v) is 2.91. The van der Waals surface area contributed by atoms with E-state index in [1.165, 1.54) is 77.0 Å². The first-order valence-electron chi connectivity index (χ1n) is 9.28. The summed E-state index contributed by atoms with van der Waals surface area (Å²) in [4.78, 5) is 0. The number of unbranched alkanes of at least 4 members (excludes halogenated alkanes) is 10. The monoisotopic (exact) mass is 296 g/mol. The second kappa shape index (κ2) is 12.1. The zero-order chi connectivity index (χ0) is 16.1. The van der Waals surface area contributed by atoms with Gasteiger partial charge in [-0.3, -0.25) is 0 Å². The van der Waals surface area contributed by atoms with Gasteiger partial charge in [0.15, 0.2) is 0 Å². The second-order valence-electron chi connectivity index (χ2n) is 7.38. The summed E-state index contributed by atoms with van der Waals surface area (Å²) in [5.74, 6) is 0.503. The largest absolute Gasteiger partial charge is 0.513 e. The molecule has 21 heavy (non-hydrogen) atoms. The summed E-state index contributed by atoms with van der Waals surface area (Å²) in [5.41, 5.74) is 1.30. The lowest BCUT2D eigenvalue weighted by atomic mass is 9.79. The molecular formula is C20H40O. The van der Waals surface area contributed by atoms with E-state index in [1.807, 2.05) is 0 Å². The molecule has 0 spiro atoms. The molecule has 0 atom stereocenters. The summed E-state index contributed by atoms with van der Waals surface area (Å²) in [5, 5.41) is 9.61. The smallest absolute Gasteiger partial charge is 0.0886 e. The average Bonchev–Trinajstić information content (AvgIpc) is 2.43. The fraction of sp³-hybridized carbons (Fsp3) is 0.900. The lowest BCUT2D eigenvalue weighted by Crippen LogP contribution is -2.14. The van der Waals surface area contributed by atoms with Crippen molar-refractivity contribution in [3.8, 4) is 0 Å². The highest BCUT2D eigenvalue weighted by Crippen LogP contribution is 2.33. The van der Waals surface area contributed by atoms with Gasteiger partial charge in [-0.2, -0.15) is 0 Å². The molecule has 1 N–H and O–H groups in total. The Balaban J connectivity index is 3.46. The van der Waals surface area contributed by atoms with Gasteiger partial charge in [0, 0.05) is 0 Å². The van der Waals surface area contributed by atoms with E-state index in [0.29, 0.717) is 5.76 Å². The lowest BCUT2D eigenvalue weighted by molar-refractivity contribution is 0.337. The topological polar surface area (TPSA) is 20.2 Å². The van der Waals surface area contributed by atoms with E-state index in [1.54, 1.807) is 6.92 Å². The summed E-state index contributed by atoms with van der Waals surface area (Å²) in [6, 6.07) is 0. The van der Waals surface area contributed by atoms with Crippen molar-refractivity contribution in [2.24, 2.45) is 5.41 Å². The number of aliphatic hydroxyl groups is 1. The first-order valence-corrected chi connectivity index (χ1v) is 9.28. The molecule has 126 valence electrons. The molecule has 0 unspecified atom stereocenters. The molecule has 0 aliphatic carbocycles. The normalized spacial score (nSPS) is 13.4. The third-order valence-electron chi connectivity index (χ3n) is 4.96. The van der Waals surface area contributed by atoms with Crippen LogP contribution in [0, 0.1) is 5.41 Å². The van der Waals surface area contributed by atoms with Crippen molar-refractivity contribution in [1.29, 1.82) is 0 Å². The Kier molecular flexibility index (Phi) is 11.9. The van der Waals surface area contributed by atoms with Crippen molar-refractivity contribution in [2.75, 3.05) is 0 Å². The minimum Gasteiger partial charge on any atom is -0.513 e. The molecule has 0 aromatic heterocycles. The van der Waals surface area contributed by atoms with E-state index < -0.39 is 0 Å². The van der Waals surface area contributed by atoms with Crippen LogP contribution in [0.4, 0.5) is 0 Å². The first-order chi connectivity index (χ1) is 9.91. The van der Waals surface area contributed by atoms with Crippen LogP contribution in [0.25, 0.3) is 0 Å². The van der Waals surface area contributed by atoms with Gasteiger partial charge < -0.3 is 5.11 Å². The van der Waals surface area contributed by atoms with Crippen molar-refractivity contribution in [2.45, 2.75) is 112 Å². The molecular weight excluding hydrogens is 256 g/mol. The average molecular weight is 297 g/mol. The Morgan fingerprint density at radius 1 is 0.714 bits per heavy atom. The van der Waals surface area contributed by atoms with Gasteiger partial charge in [0.2, 0.25) is 0 Å². The number of allylic oxidation sites excluding steroid dienone is 2. The summed E-state index contributed by atoms with van der Waals surface area (Å²) in [6.07, 6.45) is 16.5. The molecule has 0 aliphatic rings.